The van der Waals surface area contributed by atoms with Crippen LogP contribution in [-0.2, 0) is 14.9 Å². The third-order valence-corrected chi connectivity index (χ3v) is 4.84. The van der Waals surface area contributed by atoms with Gasteiger partial charge in [0.2, 0.25) is 0 Å². The van der Waals surface area contributed by atoms with E-state index in [1.807, 2.05) is 19.1 Å². The number of carbonyl (C=O) groups is 1. The van der Waals surface area contributed by atoms with Gasteiger partial charge in [-0.3, -0.25) is 4.79 Å². The van der Waals surface area contributed by atoms with Gasteiger partial charge in [0.05, 0.1) is 12.5 Å². The van der Waals surface area contributed by atoms with Gasteiger partial charge in [0, 0.05) is 6.54 Å². The van der Waals surface area contributed by atoms with Gasteiger partial charge in [0.1, 0.15) is 18.5 Å². The van der Waals surface area contributed by atoms with Crippen LogP contribution in [0.5, 0.6) is 5.75 Å². The second-order valence-corrected chi connectivity index (χ2v) is 8.07. The molecule has 1 aromatic carbocycles. The van der Waals surface area contributed by atoms with E-state index in [9.17, 15) is 9.90 Å². The number of benzene rings is 1. The lowest BCUT2D eigenvalue weighted by molar-refractivity contribution is -0.149. The highest BCUT2D eigenvalue weighted by molar-refractivity contribution is 5.72. The van der Waals surface area contributed by atoms with Gasteiger partial charge in [-0.25, -0.2) is 0 Å². The van der Waals surface area contributed by atoms with Crippen molar-refractivity contribution in [2.45, 2.75) is 52.1 Å². The Morgan fingerprint density at radius 2 is 1.85 bits per heavy atom. The average Bonchev–Trinajstić information content (AvgIpc) is 2.60. The molecular weight excluding hydrogens is 330 g/mol. The van der Waals surface area contributed by atoms with E-state index < -0.39 is 6.10 Å². The molecule has 1 aromatic rings. The molecule has 2 rings (SSSR count). The van der Waals surface area contributed by atoms with E-state index in [0.29, 0.717) is 13.2 Å². The van der Waals surface area contributed by atoms with Crippen LogP contribution in [0.4, 0.5) is 0 Å². The van der Waals surface area contributed by atoms with E-state index in [1.54, 1.807) is 0 Å². The van der Waals surface area contributed by atoms with E-state index >= 15 is 0 Å². The molecule has 5 heteroatoms. The zero-order valence-electron chi connectivity index (χ0n) is 16.5. The van der Waals surface area contributed by atoms with Gasteiger partial charge >= 0.3 is 5.97 Å². The first-order valence-corrected chi connectivity index (χ1v) is 9.60. The standard InChI is InChI=1S/C21H33NO4/c1-5-25-20(24)16-10-12-22(13-11-16)14-18(23)15-26-19-8-6-17(7-9-19)21(2,3)4/h6-9,16,18,23H,5,10-15H2,1-4H3/t18-/m0/s1. The third-order valence-electron chi connectivity index (χ3n) is 4.84. The van der Waals surface area contributed by atoms with Crippen molar-refractivity contribution in [3.63, 3.8) is 0 Å². The summed E-state index contributed by atoms with van der Waals surface area (Å²) in [7, 11) is 0. The first-order chi connectivity index (χ1) is 12.3. The van der Waals surface area contributed by atoms with Gasteiger partial charge < -0.3 is 19.5 Å². The van der Waals surface area contributed by atoms with E-state index in [1.165, 1.54) is 5.56 Å². The fourth-order valence-corrected chi connectivity index (χ4v) is 3.21. The molecule has 0 bridgehead atoms. The lowest BCUT2D eigenvalue weighted by Crippen LogP contribution is -2.42. The fraction of sp³-hybridized carbons (Fsp3) is 0.667. The molecule has 1 fully saturated rings. The van der Waals surface area contributed by atoms with Crippen LogP contribution >= 0.6 is 0 Å². The predicted molar refractivity (Wildman–Crippen MR) is 102 cm³/mol. The number of carbonyl (C=O) groups excluding carboxylic acids is 1. The van der Waals surface area contributed by atoms with E-state index in [2.05, 4.69) is 37.8 Å². The van der Waals surface area contributed by atoms with E-state index in [4.69, 9.17) is 9.47 Å². The number of ether oxygens (including phenoxy) is 2. The highest BCUT2D eigenvalue weighted by Crippen LogP contribution is 2.24. The van der Waals surface area contributed by atoms with Gasteiger partial charge in [-0.1, -0.05) is 32.9 Å². The molecule has 0 spiro atoms. The van der Waals surface area contributed by atoms with Crippen molar-refractivity contribution in [3.05, 3.63) is 29.8 Å². The molecule has 146 valence electrons. The molecule has 1 aliphatic heterocycles. The molecule has 0 aromatic heterocycles. The molecule has 0 aliphatic carbocycles. The number of aliphatic hydroxyl groups is 1. The summed E-state index contributed by atoms with van der Waals surface area (Å²) in [6.07, 6.45) is 1.04. The molecular formula is C21H33NO4. The van der Waals surface area contributed by atoms with Crippen LogP contribution in [0.3, 0.4) is 0 Å². The fourth-order valence-electron chi connectivity index (χ4n) is 3.21. The normalized spacial score (nSPS) is 17.7. The summed E-state index contributed by atoms with van der Waals surface area (Å²) in [5, 5.41) is 10.2. The quantitative estimate of drug-likeness (QED) is 0.755. The molecule has 0 amide bonds. The highest BCUT2D eigenvalue weighted by Gasteiger charge is 2.26. The summed E-state index contributed by atoms with van der Waals surface area (Å²) in [5.41, 5.74) is 1.38. The van der Waals surface area contributed by atoms with Crippen LogP contribution in [0.1, 0.15) is 46.1 Å². The van der Waals surface area contributed by atoms with Crippen LogP contribution in [0.25, 0.3) is 0 Å². The minimum atomic E-state index is -0.545. The predicted octanol–water partition coefficient (Wildman–Crippen LogP) is 3.00. The molecule has 1 heterocycles. The Labute approximate surface area is 157 Å². The van der Waals surface area contributed by atoms with Crippen LogP contribution in [0.2, 0.25) is 0 Å². The summed E-state index contributed by atoms with van der Waals surface area (Å²) in [4.78, 5) is 13.9. The first kappa shape index (κ1) is 20.7. The summed E-state index contributed by atoms with van der Waals surface area (Å²) in [6.45, 7) is 11.3. The topological polar surface area (TPSA) is 59.0 Å². The van der Waals surface area contributed by atoms with Gasteiger partial charge in [-0.15, -0.1) is 0 Å². The van der Waals surface area contributed by atoms with Gasteiger partial charge in [0.25, 0.3) is 0 Å². The molecule has 1 aliphatic rings. The number of hydrogen-bond donors (Lipinski definition) is 1. The molecule has 1 atom stereocenters. The first-order valence-electron chi connectivity index (χ1n) is 9.60. The lowest BCUT2D eigenvalue weighted by Gasteiger charge is -2.32. The Bertz CT molecular complexity index is 556. The Hall–Kier alpha value is -1.59. The highest BCUT2D eigenvalue weighted by atomic mass is 16.5. The molecule has 0 radical (unpaired) electrons. The van der Waals surface area contributed by atoms with Crippen LogP contribution in [-0.4, -0.2) is 54.9 Å². The number of esters is 1. The van der Waals surface area contributed by atoms with Crippen molar-refractivity contribution >= 4 is 5.97 Å². The van der Waals surface area contributed by atoms with Crippen molar-refractivity contribution in [2.24, 2.45) is 5.92 Å². The zero-order valence-corrected chi connectivity index (χ0v) is 16.5. The maximum absolute atomic E-state index is 11.8. The second-order valence-electron chi connectivity index (χ2n) is 8.07. The number of rotatable bonds is 7. The number of β-amino-alcohol motifs (C(OH)–C–C–N with tert-alkyl or cyclic N) is 1. The Kier molecular flexibility index (Phi) is 7.47. The molecule has 1 N–H and O–H groups in total. The number of hydrogen-bond acceptors (Lipinski definition) is 5. The minimum Gasteiger partial charge on any atom is -0.491 e. The third kappa shape index (κ3) is 6.29. The molecule has 0 unspecified atom stereocenters. The smallest absolute Gasteiger partial charge is 0.309 e. The van der Waals surface area contributed by atoms with Crippen molar-refractivity contribution in [3.8, 4) is 5.75 Å². The molecule has 0 saturated carbocycles. The molecule has 26 heavy (non-hydrogen) atoms. The second kappa shape index (κ2) is 9.38. The Morgan fingerprint density at radius 1 is 1.23 bits per heavy atom. The largest absolute Gasteiger partial charge is 0.491 e. The average molecular weight is 363 g/mol. The van der Waals surface area contributed by atoms with Crippen molar-refractivity contribution in [1.29, 1.82) is 0 Å². The van der Waals surface area contributed by atoms with Gasteiger partial charge in [0.15, 0.2) is 0 Å². The minimum absolute atomic E-state index is 0.000855. The van der Waals surface area contributed by atoms with E-state index in [0.717, 1.165) is 31.7 Å². The van der Waals surface area contributed by atoms with Crippen molar-refractivity contribution < 1.29 is 19.4 Å². The van der Waals surface area contributed by atoms with Crippen LogP contribution in [0, 0.1) is 5.92 Å². The number of nitrogens with zero attached hydrogens (tertiary/aromatic N) is 1. The Morgan fingerprint density at radius 3 is 2.38 bits per heavy atom. The summed E-state index contributed by atoms with van der Waals surface area (Å²) in [5.74, 6) is 0.689. The van der Waals surface area contributed by atoms with Gasteiger partial charge in [-0.2, -0.15) is 0 Å². The van der Waals surface area contributed by atoms with Crippen molar-refractivity contribution in [2.75, 3.05) is 32.8 Å². The van der Waals surface area contributed by atoms with Gasteiger partial charge in [-0.05, 0) is 56.0 Å². The number of piperidine rings is 1. The van der Waals surface area contributed by atoms with Crippen LogP contribution in [0.15, 0.2) is 24.3 Å². The lowest BCUT2D eigenvalue weighted by atomic mass is 9.87. The Balaban J connectivity index is 1.71. The van der Waals surface area contributed by atoms with E-state index in [-0.39, 0.29) is 23.9 Å². The zero-order chi connectivity index (χ0) is 19.2. The summed E-state index contributed by atoms with van der Waals surface area (Å²) >= 11 is 0. The number of aliphatic hydroxyl groups excluding tert-OH is 1. The molecule has 5 nitrogen and oxygen atoms in total. The monoisotopic (exact) mass is 363 g/mol. The maximum Gasteiger partial charge on any atom is 0.309 e. The van der Waals surface area contributed by atoms with Crippen molar-refractivity contribution in [1.82, 2.24) is 4.90 Å². The SMILES string of the molecule is CCOC(=O)C1CCN(C[C@H](O)COc2ccc(C(C)(C)C)cc2)CC1. The summed E-state index contributed by atoms with van der Waals surface area (Å²) < 4.78 is 10.8. The maximum atomic E-state index is 11.8. The molecule has 1 saturated heterocycles. The van der Waals surface area contributed by atoms with Crippen LogP contribution < -0.4 is 4.74 Å². The summed E-state index contributed by atoms with van der Waals surface area (Å²) in [6, 6.07) is 8.06. The number of likely N-dealkylation sites (tertiary alicyclic amines) is 1.